The fourth-order valence-corrected chi connectivity index (χ4v) is 2.98. The van der Waals surface area contributed by atoms with Crippen LogP contribution in [0.3, 0.4) is 0 Å². The number of hydrogen-bond acceptors (Lipinski definition) is 5. The van der Waals surface area contributed by atoms with E-state index >= 15 is 0 Å². The fourth-order valence-electron chi connectivity index (χ4n) is 2.98. The number of benzene rings is 1. The third-order valence-corrected chi connectivity index (χ3v) is 4.29. The lowest BCUT2D eigenvalue weighted by Crippen LogP contribution is -2.42. The van der Waals surface area contributed by atoms with Gasteiger partial charge in [-0.05, 0) is 18.1 Å². The van der Waals surface area contributed by atoms with E-state index in [4.69, 9.17) is 25.0 Å². The van der Waals surface area contributed by atoms with E-state index < -0.39 is 37.5 Å². The molecule has 0 aliphatic carbocycles. The van der Waals surface area contributed by atoms with Crippen molar-refractivity contribution in [3.63, 3.8) is 0 Å². The first-order valence-corrected chi connectivity index (χ1v) is 10.5. The minimum atomic E-state index is -4.64. The minimum Gasteiger partial charge on any atom is -0.333 e. The molecule has 1 amide bonds. The van der Waals surface area contributed by atoms with E-state index in [9.17, 15) is 26.7 Å². The van der Waals surface area contributed by atoms with Gasteiger partial charge in [0, 0.05) is 31.6 Å². The van der Waals surface area contributed by atoms with Gasteiger partial charge in [-0.3, -0.25) is 4.79 Å². The summed E-state index contributed by atoms with van der Waals surface area (Å²) in [6.45, 7) is -0.130. The molecule has 16 heteroatoms. The SMILES string of the molecule is NC(CC(=O)N1CCn2c(nnc2C(F)(F)F)C1)Cc1ccc(F)cc1F.O=P(O)(O)O. The van der Waals surface area contributed by atoms with Gasteiger partial charge < -0.3 is 29.9 Å². The summed E-state index contributed by atoms with van der Waals surface area (Å²) < 4.78 is 74.9. The third-order valence-electron chi connectivity index (χ3n) is 4.29. The molecule has 10 nitrogen and oxygen atoms in total. The zero-order chi connectivity index (χ0) is 24.3. The van der Waals surface area contributed by atoms with E-state index in [-0.39, 0.29) is 49.8 Å². The Hall–Kier alpha value is -2.45. The van der Waals surface area contributed by atoms with Crippen molar-refractivity contribution in [3.05, 3.63) is 47.0 Å². The van der Waals surface area contributed by atoms with Gasteiger partial charge in [-0.15, -0.1) is 10.2 Å². The van der Waals surface area contributed by atoms with Crippen LogP contribution in [0.25, 0.3) is 0 Å². The molecule has 2 aromatic rings. The topological polar surface area (TPSA) is 155 Å². The number of carbonyl (C=O) groups is 1. The van der Waals surface area contributed by atoms with E-state index in [1.165, 1.54) is 11.0 Å². The number of carbonyl (C=O) groups excluding carboxylic acids is 1. The van der Waals surface area contributed by atoms with Gasteiger partial charge in [-0.1, -0.05) is 6.07 Å². The molecule has 5 N–H and O–H groups in total. The molecule has 0 saturated heterocycles. The zero-order valence-corrected chi connectivity index (χ0v) is 17.1. The lowest BCUT2D eigenvalue weighted by Gasteiger charge is -2.29. The third kappa shape index (κ3) is 7.60. The van der Waals surface area contributed by atoms with E-state index in [2.05, 4.69) is 10.2 Å². The first-order chi connectivity index (χ1) is 14.6. The van der Waals surface area contributed by atoms with Crippen LogP contribution in [0.5, 0.6) is 0 Å². The lowest BCUT2D eigenvalue weighted by molar-refractivity contribution is -0.148. The van der Waals surface area contributed by atoms with Crippen LogP contribution >= 0.6 is 7.82 Å². The molecule has 1 aromatic heterocycles. The summed E-state index contributed by atoms with van der Waals surface area (Å²) in [5.74, 6) is -2.89. The Labute approximate surface area is 177 Å². The van der Waals surface area contributed by atoms with Crippen LogP contribution < -0.4 is 5.73 Å². The van der Waals surface area contributed by atoms with Gasteiger partial charge in [-0.2, -0.15) is 13.2 Å². The number of nitrogens with two attached hydrogens (primary N) is 1. The van der Waals surface area contributed by atoms with Crippen molar-refractivity contribution >= 4 is 13.7 Å². The van der Waals surface area contributed by atoms with Crippen LogP contribution in [-0.2, 0) is 35.0 Å². The van der Waals surface area contributed by atoms with Crippen molar-refractivity contribution in [2.75, 3.05) is 6.54 Å². The van der Waals surface area contributed by atoms with Crippen LogP contribution in [0.15, 0.2) is 18.2 Å². The molecule has 0 radical (unpaired) electrons. The number of hydrogen-bond donors (Lipinski definition) is 4. The molecule has 0 spiro atoms. The van der Waals surface area contributed by atoms with Crippen LogP contribution in [0.1, 0.15) is 23.6 Å². The van der Waals surface area contributed by atoms with E-state index in [0.29, 0.717) is 0 Å². The zero-order valence-electron chi connectivity index (χ0n) is 16.2. The first kappa shape index (κ1) is 25.8. The summed E-state index contributed by atoms with van der Waals surface area (Å²) in [4.78, 5) is 35.3. The number of halogens is 5. The summed E-state index contributed by atoms with van der Waals surface area (Å²) >= 11 is 0. The number of aromatic nitrogens is 3. The average molecular weight is 487 g/mol. The summed E-state index contributed by atoms with van der Waals surface area (Å²) in [6.07, 6.45) is -4.71. The Morgan fingerprint density at radius 3 is 2.38 bits per heavy atom. The predicted octanol–water partition coefficient (Wildman–Crippen LogP) is 0.949. The monoisotopic (exact) mass is 487 g/mol. The van der Waals surface area contributed by atoms with Gasteiger partial charge in [0.1, 0.15) is 11.6 Å². The summed E-state index contributed by atoms with van der Waals surface area (Å²) in [5, 5.41) is 6.65. The van der Waals surface area contributed by atoms with E-state index in [1.807, 2.05) is 0 Å². The van der Waals surface area contributed by atoms with Crippen molar-refractivity contribution in [2.24, 2.45) is 5.73 Å². The fraction of sp³-hybridized carbons (Fsp3) is 0.438. The second-order valence-electron chi connectivity index (χ2n) is 6.82. The quantitative estimate of drug-likeness (QED) is 0.367. The highest BCUT2D eigenvalue weighted by Gasteiger charge is 2.39. The van der Waals surface area contributed by atoms with Crippen LogP contribution in [-0.4, -0.2) is 52.8 Å². The number of amides is 1. The molecule has 32 heavy (non-hydrogen) atoms. The number of phosphoric acid groups is 1. The highest BCUT2D eigenvalue weighted by molar-refractivity contribution is 7.45. The number of rotatable bonds is 4. The number of alkyl halides is 3. The van der Waals surface area contributed by atoms with Gasteiger partial charge in [0.05, 0.1) is 6.54 Å². The molecular weight excluding hydrogens is 468 g/mol. The summed E-state index contributed by atoms with van der Waals surface area (Å²) in [6, 6.07) is 2.38. The molecule has 1 aliphatic rings. The number of fused-ring (bicyclic) bond motifs is 1. The van der Waals surface area contributed by atoms with Crippen LogP contribution in [0, 0.1) is 11.6 Å². The Morgan fingerprint density at radius 1 is 1.19 bits per heavy atom. The maximum atomic E-state index is 13.7. The molecule has 178 valence electrons. The molecule has 0 fully saturated rings. The molecule has 0 bridgehead atoms. The first-order valence-electron chi connectivity index (χ1n) is 8.90. The lowest BCUT2D eigenvalue weighted by atomic mass is 10.0. The molecule has 0 saturated carbocycles. The van der Waals surface area contributed by atoms with E-state index in [0.717, 1.165) is 16.7 Å². The largest absolute Gasteiger partial charge is 0.466 e. The molecule has 3 rings (SSSR count). The standard InChI is InChI=1S/C16H16F5N5O.H3O4P/c17-10-2-1-9(12(18)6-10)5-11(22)7-14(27)25-3-4-26-13(8-25)23-24-15(26)16(19,20)21;1-5(2,3)4/h1-2,6,11H,3-5,7-8,22H2;(H3,1,2,3,4). The van der Waals surface area contributed by atoms with Crippen molar-refractivity contribution in [1.82, 2.24) is 19.7 Å². The highest BCUT2D eigenvalue weighted by atomic mass is 31.2. The smallest absolute Gasteiger partial charge is 0.333 e. The Morgan fingerprint density at radius 2 is 1.81 bits per heavy atom. The van der Waals surface area contributed by atoms with Gasteiger partial charge in [0.25, 0.3) is 0 Å². The minimum absolute atomic E-state index is 0.0279. The average Bonchev–Trinajstić information content (AvgIpc) is 3.06. The van der Waals surface area contributed by atoms with Gasteiger partial charge in [0.2, 0.25) is 11.7 Å². The summed E-state index contributed by atoms with van der Waals surface area (Å²) in [7, 11) is -4.64. The van der Waals surface area contributed by atoms with Crippen LogP contribution in [0.4, 0.5) is 22.0 Å². The summed E-state index contributed by atoms with van der Waals surface area (Å²) in [5.41, 5.74) is 6.07. The molecule has 1 unspecified atom stereocenters. The van der Waals surface area contributed by atoms with Gasteiger partial charge >= 0.3 is 14.0 Å². The second kappa shape index (κ2) is 10.0. The van der Waals surface area contributed by atoms with Crippen molar-refractivity contribution in [2.45, 2.75) is 38.1 Å². The van der Waals surface area contributed by atoms with Crippen molar-refractivity contribution in [3.8, 4) is 0 Å². The maximum Gasteiger partial charge on any atom is 0.466 e. The Kier molecular flexibility index (Phi) is 8.07. The van der Waals surface area contributed by atoms with Gasteiger partial charge in [-0.25, -0.2) is 13.3 Å². The number of nitrogens with zero attached hydrogens (tertiary/aromatic N) is 4. The molecular formula is C16H19F5N5O5P. The van der Waals surface area contributed by atoms with Crippen LogP contribution in [0.2, 0.25) is 0 Å². The van der Waals surface area contributed by atoms with Gasteiger partial charge in [0.15, 0.2) is 5.82 Å². The highest BCUT2D eigenvalue weighted by Crippen LogP contribution is 2.29. The molecule has 1 aliphatic heterocycles. The second-order valence-corrected chi connectivity index (χ2v) is 7.85. The normalized spacial score (nSPS) is 15.0. The molecule has 1 aromatic carbocycles. The van der Waals surface area contributed by atoms with Crippen molar-refractivity contribution < 1.29 is 46.0 Å². The van der Waals surface area contributed by atoms with E-state index in [1.54, 1.807) is 0 Å². The molecule has 2 heterocycles. The maximum absolute atomic E-state index is 13.7. The Balaban J connectivity index is 0.000000654. The van der Waals surface area contributed by atoms with Crippen molar-refractivity contribution in [1.29, 1.82) is 0 Å². The molecule has 1 atom stereocenters. The Bertz CT molecular complexity index is 1000. The predicted molar refractivity (Wildman–Crippen MR) is 97.4 cm³/mol.